The number of benzene rings is 3. The monoisotopic (exact) mass is 609 g/mol. The Bertz CT molecular complexity index is 1420. The molecule has 1 N–H and O–H groups in total. The van der Waals surface area contributed by atoms with Crippen LogP contribution < -0.4 is 9.62 Å². The van der Waals surface area contributed by atoms with Crippen LogP contribution in [-0.2, 0) is 26.2 Å². The highest BCUT2D eigenvalue weighted by Crippen LogP contribution is 2.28. The molecule has 7 nitrogen and oxygen atoms in total. The number of sulfonamides is 1. The van der Waals surface area contributed by atoms with Crippen LogP contribution in [0.4, 0.5) is 5.69 Å². The summed E-state index contributed by atoms with van der Waals surface area (Å²) < 4.78 is 28.5. The van der Waals surface area contributed by atoms with E-state index in [0.717, 1.165) is 4.31 Å². The lowest BCUT2D eigenvalue weighted by atomic mass is 10.1. The molecule has 0 aliphatic heterocycles. The van der Waals surface area contributed by atoms with Crippen LogP contribution in [-0.4, -0.2) is 43.8 Å². The van der Waals surface area contributed by atoms with Crippen LogP contribution in [0.5, 0.6) is 0 Å². The summed E-state index contributed by atoms with van der Waals surface area (Å²) >= 11 is 18.5. The summed E-state index contributed by atoms with van der Waals surface area (Å²) in [6.45, 7) is 4.88. The summed E-state index contributed by atoms with van der Waals surface area (Å²) in [6, 6.07) is 18.0. The quantitative estimate of drug-likeness (QED) is 0.281. The van der Waals surface area contributed by atoms with E-state index in [0.29, 0.717) is 27.1 Å². The molecule has 0 spiro atoms. The fourth-order valence-electron chi connectivity index (χ4n) is 4.01. The molecule has 3 aromatic carbocycles. The third-order valence-corrected chi connectivity index (χ3v) is 8.62. The maximum Gasteiger partial charge on any atom is 0.264 e. The van der Waals surface area contributed by atoms with Gasteiger partial charge in [-0.25, -0.2) is 8.42 Å². The van der Waals surface area contributed by atoms with Crippen molar-refractivity contribution in [3.63, 3.8) is 0 Å². The van der Waals surface area contributed by atoms with Crippen LogP contribution >= 0.6 is 34.8 Å². The van der Waals surface area contributed by atoms with Gasteiger partial charge in [0.2, 0.25) is 11.8 Å². The first kappa shape index (κ1) is 30.8. The van der Waals surface area contributed by atoms with Crippen molar-refractivity contribution in [2.45, 2.75) is 50.7 Å². The molecule has 1 atom stereocenters. The summed E-state index contributed by atoms with van der Waals surface area (Å²) in [7, 11) is -4.17. The molecule has 11 heteroatoms. The fourth-order valence-corrected chi connectivity index (χ4v) is 5.95. The minimum absolute atomic E-state index is 0.00845. The van der Waals surface area contributed by atoms with Crippen molar-refractivity contribution in [2.24, 2.45) is 0 Å². The Morgan fingerprint density at radius 1 is 0.897 bits per heavy atom. The van der Waals surface area contributed by atoms with Crippen LogP contribution in [0.15, 0.2) is 77.7 Å². The number of hydrogen-bond donors (Lipinski definition) is 1. The second-order valence-corrected chi connectivity index (χ2v) is 12.3. The van der Waals surface area contributed by atoms with Crippen LogP contribution in [0.25, 0.3) is 0 Å². The van der Waals surface area contributed by atoms with Crippen molar-refractivity contribution in [1.82, 2.24) is 10.2 Å². The lowest BCUT2D eigenvalue weighted by molar-refractivity contribution is -0.140. The summed E-state index contributed by atoms with van der Waals surface area (Å²) in [6.07, 6.45) is 0.300. The molecule has 0 bridgehead atoms. The highest BCUT2D eigenvalue weighted by atomic mass is 35.5. The third kappa shape index (κ3) is 7.88. The molecule has 3 rings (SSSR count). The van der Waals surface area contributed by atoms with E-state index in [-0.39, 0.29) is 29.1 Å². The molecule has 0 heterocycles. The number of halogens is 3. The van der Waals surface area contributed by atoms with Crippen LogP contribution in [0.2, 0.25) is 15.1 Å². The van der Waals surface area contributed by atoms with Gasteiger partial charge in [0.25, 0.3) is 10.0 Å². The first-order valence-electron chi connectivity index (χ1n) is 12.3. The molecule has 0 aliphatic carbocycles. The highest BCUT2D eigenvalue weighted by Gasteiger charge is 2.34. The van der Waals surface area contributed by atoms with Gasteiger partial charge in [-0.3, -0.25) is 13.9 Å². The first-order chi connectivity index (χ1) is 18.4. The van der Waals surface area contributed by atoms with Crippen molar-refractivity contribution in [1.29, 1.82) is 0 Å². The van der Waals surface area contributed by atoms with Gasteiger partial charge in [-0.1, -0.05) is 72.1 Å². The van der Waals surface area contributed by atoms with Crippen LogP contribution in [0.1, 0.15) is 32.8 Å². The number of carbonyl (C=O) groups is 2. The Labute approximate surface area is 244 Å². The van der Waals surface area contributed by atoms with Gasteiger partial charge in [-0.05, 0) is 68.3 Å². The largest absolute Gasteiger partial charge is 0.352 e. The number of nitrogens with one attached hydrogen (secondary N) is 1. The van der Waals surface area contributed by atoms with Gasteiger partial charge in [0, 0.05) is 17.6 Å². The number of rotatable bonds is 11. The predicted octanol–water partition coefficient (Wildman–Crippen LogP) is 6.17. The van der Waals surface area contributed by atoms with Crippen molar-refractivity contribution in [3.8, 4) is 0 Å². The summed E-state index contributed by atoms with van der Waals surface area (Å²) in [5.41, 5.74) is 0.850. The van der Waals surface area contributed by atoms with E-state index in [1.807, 2.05) is 13.8 Å². The molecule has 39 heavy (non-hydrogen) atoms. The first-order valence-corrected chi connectivity index (χ1v) is 14.9. The third-order valence-electron chi connectivity index (χ3n) is 5.86. The molecule has 0 radical (unpaired) electrons. The number of carbonyl (C=O) groups excluding carboxylic acids is 2. The van der Waals surface area contributed by atoms with Gasteiger partial charge in [0.15, 0.2) is 0 Å². The molecule has 0 unspecified atom stereocenters. The van der Waals surface area contributed by atoms with Gasteiger partial charge in [-0.2, -0.15) is 0 Å². The van der Waals surface area contributed by atoms with E-state index in [9.17, 15) is 18.0 Å². The molecule has 0 aromatic heterocycles. The van der Waals surface area contributed by atoms with Gasteiger partial charge in [0.05, 0.1) is 20.6 Å². The predicted molar refractivity (Wildman–Crippen MR) is 157 cm³/mol. The summed E-state index contributed by atoms with van der Waals surface area (Å²) in [5, 5.41) is 3.81. The fraction of sp³-hybridized carbons (Fsp3) is 0.286. The minimum Gasteiger partial charge on any atom is -0.352 e. The van der Waals surface area contributed by atoms with Crippen molar-refractivity contribution in [3.05, 3.63) is 93.4 Å². The Morgan fingerprint density at radius 2 is 1.59 bits per heavy atom. The van der Waals surface area contributed by atoms with Crippen molar-refractivity contribution in [2.75, 3.05) is 10.8 Å². The van der Waals surface area contributed by atoms with E-state index in [2.05, 4.69) is 5.32 Å². The Balaban J connectivity index is 2.07. The number of hydrogen-bond acceptors (Lipinski definition) is 4. The van der Waals surface area contributed by atoms with E-state index >= 15 is 0 Å². The second kappa shape index (κ2) is 13.5. The zero-order valence-corrected chi connectivity index (χ0v) is 24.9. The molecular formula is C28H30Cl3N3O4S. The van der Waals surface area contributed by atoms with E-state index < -0.39 is 28.5 Å². The molecule has 3 aromatic rings. The minimum atomic E-state index is -4.17. The normalized spacial score (nSPS) is 12.2. The van der Waals surface area contributed by atoms with Gasteiger partial charge in [-0.15, -0.1) is 0 Å². The van der Waals surface area contributed by atoms with Gasteiger partial charge in [0.1, 0.15) is 12.6 Å². The summed E-state index contributed by atoms with van der Waals surface area (Å²) in [4.78, 5) is 28.5. The molecule has 0 saturated heterocycles. The number of anilines is 1. The van der Waals surface area contributed by atoms with E-state index in [1.54, 1.807) is 61.5 Å². The molecule has 0 fully saturated rings. The molecule has 0 saturated carbocycles. The SMILES string of the molecule is CC[C@H](C(=O)NC(C)C)N(Cc1ccc(Cl)c(Cl)c1)C(=O)CN(c1cccc(Cl)c1)S(=O)(=O)c1ccccc1. The number of amides is 2. The van der Waals surface area contributed by atoms with Gasteiger partial charge < -0.3 is 10.2 Å². The maximum absolute atomic E-state index is 14.0. The summed E-state index contributed by atoms with van der Waals surface area (Å²) in [5.74, 6) is -0.924. The highest BCUT2D eigenvalue weighted by molar-refractivity contribution is 7.92. The molecular weight excluding hydrogens is 581 g/mol. The Kier molecular flexibility index (Phi) is 10.7. The zero-order valence-electron chi connectivity index (χ0n) is 21.8. The maximum atomic E-state index is 14.0. The average Bonchev–Trinajstić information content (AvgIpc) is 2.89. The van der Waals surface area contributed by atoms with Crippen LogP contribution in [0, 0.1) is 0 Å². The second-order valence-electron chi connectivity index (χ2n) is 9.16. The van der Waals surface area contributed by atoms with Crippen molar-refractivity contribution < 1.29 is 18.0 Å². The van der Waals surface area contributed by atoms with Crippen molar-refractivity contribution >= 4 is 62.3 Å². The van der Waals surface area contributed by atoms with E-state index in [1.165, 1.54) is 23.1 Å². The van der Waals surface area contributed by atoms with Crippen LogP contribution in [0.3, 0.4) is 0 Å². The number of nitrogens with zero attached hydrogens (tertiary/aromatic N) is 2. The average molecular weight is 611 g/mol. The molecule has 0 aliphatic rings. The Hall–Kier alpha value is -2.78. The topological polar surface area (TPSA) is 86.8 Å². The molecule has 2 amide bonds. The lowest BCUT2D eigenvalue weighted by Gasteiger charge is -2.33. The standard InChI is InChI=1S/C28H30Cl3N3O4S/c1-4-26(28(36)32-19(2)3)33(17-20-13-14-24(30)25(31)15-20)27(35)18-34(22-10-8-9-21(29)16-22)39(37,38)23-11-6-5-7-12-23/h5-16,19,26H,4,17-18H2,1-3H3,(H,32,36)/t26-/m1/s1. The Morgan fingerprint density at radius 3 is 2.18 bits per heavy atom. The van der Waals surface area contributed by atoms with Gasteiger partial charge >= 0.3 is 0 Å². The van der Waals surface area contributed by atoms with E-state index in [4.69, 9.17) is 34.8 Å². The lowest BCUT2D eigenvalue weighted by Crippen LogP contribution is -2.53. The molecule has 208 valence electrons. The zero-order chi connectivity index (χ0) is 28.7. The smallest absolute Gasteiger partial charge is 0.264 e.